The molecular formula is C24H25F4N3OS. The molecule has 9 heteroatoms. The Balaban J connectivity index is 1.80. The van der Waals surface area contributed by atoms with E-state index in [1.165, 1.54) is 23.5 Å². The second-order valence-corrected chi connectivity index (χ2v) is 9.11. The highest BCUT2D eigenvalue weighted by molar-refractivity contribution is 7.09. The van der Waals surface area contributed by atoms with Crippen LogP contribution in [0.15, 0.2) is 53.9 Å². The number of carbonyl (C=O) groups is 1. The fraction of sp³-hybridized carbons (Fsp3) is 0.333. The number of nitrogens with zero attached hydrogens (tertiary/aromatic N) is 2. The lowest BCUT2D eigenvalue weighted by molar-refractivity contribution is -0.137. The summed E-state index contributed by atoms with van der Waals surface area (Å²) in [5, 5.41) is 5.08. The number of nitrogens with one attached hydrogen (secondary N) is 1. The van der Waals surface area contributed by atoms with E-state index >= 15 is 0 Å². The molecule has 1 aromatic heterocycles. The van der Waals surface area contributed by atoms with Crippen LogP contribution in [0.1, 0.15) is 46.0 Å². The Bertz CT molecular complexity index is 1080. The third-order valence-corrected chi connectivity index (χ3v) is 5.66. The van der Waals surface area contributed by atoms with Crippen molar-refractivity contribution in [2.45, 2.75) is 39.7 Å². The molecule has 176 valence electrons. The Kier molecular flexibility index (Phi) is 8.20. The summed E-state index contributed by atoms with van der Waals surface area (Å²) in [4.78, 5) is 18.5. The lowest BCUT2D eigenvalue weighted by atomic mass is 10.1. The number of hydrogen-bond donors (Lipinski definition) is 1. The summed E-state index contributed by atoms with van der Waals surface area (Å²) in [6, 6.07) is 11.4. The molecule has 1 heterocycles. The molecule has 0 bridgehead atoms. The molecule has 0 aliphatic carbocycles. The number of halogens is 4. The molecule has 0 saturated carbocycles. The van der Waals surface area contributed by atoms with Gasteiger partial charge in [0, 0.05) is 30.6 Å². The Labute approximate surface area is 194 Å². The molecule has 2 aromatic carbocycles. The van der Waals surface area contributed by atoms with Gasteiger partial charge in [0.05, 0.1) is 12.1 Å². The first kappa shape index (κ1) is 24.9. The third-order valence-electron chi connectivity index (χ3n) is 4.83. The summed E-state index contributed by atoms with van der Waals surface area (Å²) in [6.07, 6.45) is -4.44. The van der Waals surface area contributed by atoms with Crippen LogP contribution < -0.4 is 5.32 Å². The van der Waals surface area contributed by atoms with Crippen molar-refractivity contribution < 1.29 is 22.4 Å². The number of rotatable bonds is 9. The van der Waals surface area contributed by atoms with Gasteiger partial charge in [-0.1, -0.05) is 50.2 Å². The van der Waals surface area contributed by atoms with Gasteiger partial charge in [0.1, 0.15) is 16.5 Å². The molecule has 0 atom stereocenters. The lowest BCUT2D eigenvalue weighted by Gasteiger charge is -2.22. The zero-order valence-corrected chi connectivity index (χ0v) is 19.1. The first-order valence-electron chi connectivity index (χ1n) is 10.5. The highest BCUT2D eigenvalue weighted by atomic mass is 32.1. The molecule has 0 unspecified atom stereocenters. The van der Waals surface area contributed by atoms with Crippen LogP contribution in [0.2, 0.25) is 0 Å². The quantitative estimate of drug-likeness (QED) is 0.389. The maximum absolute atomic E-state index is 14.3. The number of hydrogen-bond acceptors (Lipinski definition) is 4. The van der Waals surface area contributed by atoms with Gasteiger partial charge in [0.2, 0.25) is 0 Å². The summed E-state index contributed by atoms with van der Waals surface area (Å²) in [6.45, 7) is 5.10. The fourth-order valence-electron chi connectivity index (χ4n) is 3.21. The molecule has 0 fully saturated rings. The van der Waals surface area contributed by atoms with E-state index in [9.17, 15) is 22.4 Å². The monoisotopic (exact) mass is 479 g/mol. The Morgan fingerprint density at radius 2 is 1.85 bits per heavy atom. The van der Waals surface area contributed by atoms with Gasteiger partial charge < -0.3 is 5.32 Å². The number of alkyl halides is 3. The minimum atomic E-state index is -4.44. The second kappa shape index (κ2) is 10.9. The van der Waals surface area contributed by atoms with Crippen LogP contribution in [0.25, 0.3) is 0 Å². The SMILES string of the molecule is CC(C)CNC(=O)c1csc(CN(Cc2cccc(C(F)(F)F)c2)Cc2ccccc2F)n1. The highest BCUT2D eigenvalue weighted by Gasteiger charge is 2.30. The minimum Gasteiger partial charge on any atom is -0.350 e. The Morgan fingerprint density at radius 1 is 1.09 bits per heavy atom. The first-order chi connectivity index (χ1) is 15.6. The van der Waals surface area contributed by atoms with E-state index in [0.29, 0.717) is 34.3 Å². The second-order valence-electron chi connectivity index (χ2n) is 8.17. The van der Waals surface area contributed by atoms with Gasteiger partial charge in [-0.2, -0.15) is 13.2 Å². The largest absolute Gasteiger partial charge is 0.416 e. The van der Waals surface area contributed by atoms with Gasteiger partial charge >= 0.3 is 6.18 Å². The number of amides is 1. The van der Waals surface area contributed by atoms with E-state index in [0.717, 1.165) is 12.1 Å². The molecular weight excluding hydrogens is 454 g/mol. The van der Waals surface area contributed by atoms with Gasteiger partial charge in [0.15, 0.2) is 0 Å². The standard InChI is InChI=1S/C24H25F4N3OS/c1-16(2)11-29-23(32)21-15-33-22(30-21)14-31(13-18-7-3-4-9-20(18)25)12-17-6-5-8-19(10-17)24(26,27)28/h3-10,15-16H,11-14H2,1-2H3,(H,29,32). The van der Waals surface area contributed by atoms with Crippen LogP contribution in [0.3, 0.4) is 0 Å². The number of aromatic nitrogens is 1. The van der Waals surface area contributed by atoms with Crippen molar-refractivity contribution in [3.63, 3.8) is 0 Å². The van der Waals surface area contributed by atoms with Crippen molar-refractivity contribution in [3.8, 4) is 0 Å². The van der Waals surface area contributed by atoms with Crippen molar-refractivity contribution in [2.75, 3.05) is 6.54 Å². The van der Waals surface area contributed by atoms with Crippen LogP contribution in [0.4, 0.5) is 17.6 Å². The van der Waals surface area contributed by atoms with E-state index in [1.54, 1.807) is 29.6 Å². The van der Waals surface area contributed by atoms with Crippen molar-refractivity contribution in [3.05, 3.63) is 87.1 Å². The predicted octanol–water partition coefficient (Wildman–Crippen LogP) is 5.89. The zero-order chi connectivity index (χ0) is 24.0. The summed E-state index contributed by atoms with van der Waals surface area (Å²) in [7, 11) is 0. The summed E-state index contributed by atoms with van der Waals surface area (Å²) in [5.41, 5.74) is 0.438. The smallest absolute Gasteiger partial charge is 0.350 e. The molecule has 0 aliphatic heterocycles. The van der Waals surface area contributed by atoms with Gasteiger partial charge in [-0.25, -0.2) is 9.37 Å². The van der Waals surface area contributed by atoms with Crippen molar-refractivity contribution in [2.24, 2.45) is 5.92 Å². The van der Waals surface area contributed by atoms with Crippen LogP contribution in [-0.2, 0) is 25.8 Å². The van der Waals surface area contributed by atoms with E-state index in [1.807, 2.05) is 18.7 Å². The van der Waals surface area contributed by atoms with E-state index in [4.69, 9.17) is 0 Å². The normalized spacial score (nSPS) is 11.9. The molecule has 1 amide bonds. The zero-order valence-electron chi connectivity index (χ0n) is 18.3. The number of benzene rings is 2. The van der Waals surface area contributed by atoms with Gasteiger partial charge in [-0.15, -0.1) is 11.3 Å². The molecule has 0 saturated heterocycles. The molecule has 33 heavy (non-hydrogen) atoms. The highest BCUT2D eigenvalue weighted by Crippen LogP contribution is 2.30. The number of thiazole rings is 1. The first-order valence-corrected chi connectivity index (χ1v) is 11.3. The third kappa shape index (κ3) is 7.36. The van der Waals surface area contributed by atoms with Crippen LogP contribution >= 0.6 is 11.3 Å². The van der Waals surface area contributed by atoms with E-state index in [2.05, 4.69) is 10.3 Å². The Hall–Kier alpha value is -2.78. The van der Waals surface area contributed by atoms with E-state index in [-0.39, 0.29) is 31.4 Å². The summed E-state index contributed by atoms with van der Waals surface area (Å²) >= 11 is 1.29. The van der Waals surface area contributed by atoms with Crippen LogP contribution in [-0.4, -0.2) is 22.3 Å². The minimum absolute atomic E-state index is 0.159. The Morgan fingerprint density at radius 3 is 2.55 bits per heavy atom. The van der Waals surface area contributed by atoms with E-state index < -0.39 is 11.7 Å². The summed E-state index contributed by atoms with van der Waals surface area (Å²) < 4.78 is 53.7. The maximum Gasteiger partial charge on any atom is 0.416 e. The number of carbonyl (C=O) groups excluding carboxylic acids is 1. The molecule has 4 nitrogen and oxygen atoms in total. The molecule has 1 N–H and O–H groups in total. The molecule has 0 spiro atoms. The summed E-state index contributed by atoms with van der Waals surface area (Å²) in [5.74, 6) is -0.361. The molecule has 0 radical (unpaired) electrons. The molecule has 3 aromatic rings. The van der Waals surface area contributed by atoms with Gasteiger partial charge in [-0.3, -0.25) is 9.69 Å². The van der Waals surface area contributed by atoms with Crippen LogP contribution in [0.5, 0.6) is 0 Å². The van der Waals surface area contributed by atoms with Gasteiger partial charge in [0.25, 0.3) is 5.91 Å². The predicted molar refractivity (Wildman–Crippen MR) is 120 cm³/mol. The van der Waals surface area contributed by atoms with Crippen molar-refractivity contribution >= 4 is 17.2 Å². The average Bonchev–Trinajstić information content (AvgIpc) is 3.22. The lowest BCUT2D eigenvalue weighted by Crippen LogP contribution is -2.27. The molecule has 0 aliphatic rings. The topological polar surface area (TPSA) is 45.2 Å². The maximum atomic E-state index is 14.3. The van der Waals surface area contributed by atoms with Gasteiger partial charge in [-0.05, 0) is 23.6 Å². The average molecular weight is 480 g/mol. The van der Waals surface area contributed by atoms with Crippen LogP contribution in [0, 0.1) is 11.7 Å². The van der Waals surface area contributed by atoms with Crippen molar-refractivity contribution in [1.29, 1.82) is 0 Å². The molecule has 3 rings (SSSR count). The fourth-order valence-corrected chi connectivity index (χ4v) is 4.02. The van der Waals surface area contributed by atoms with Crippen molar-refractivity contribution in [1.82, 2.24) is 15.2 Å².